The van der Waals surface area contributed by atoms with Crippen molar-refractivity contribution < 1.29 is 0 Å². The van der Waals surface area contributed by atoms with E-state index in [0.29, 0.717) is 17.5 Å². The largest absolute Gasteiger partial charge is 0.369 e. The van der Waals surface area contributed by atoms with Crippen molar-refractivity contribution in [3.05, 3.63) is 22.1 Å². The monoisotopic (exact) mass is 244 g/mol. The van der Waals surface area contributed by atoms with Gasteiger partial charge in [0.2, 0.25) is 5.95 Å². The zero-order valence-corrected chi connectivity index (χ0v) is 10.5. The Morgan fingerprint density at radius 2 is 2.22 bits per heavy atom. The van der Waals surface area contributed by atoms with Crippen molar-refractivity contribution >= 4 is 17.0 Å². The van der Waals surface area contributed by atoms with Gasteiger partial charge in [-0.2, -0.15) is 4.98 Å². The maximum Gasteiger partial charge on any atom is 0.261 e. The Bertz CT molecular complexity index is 672. The van der Waals surface area contributed by atoms with Gasteiger partial charge in [0.25, 0.3) is 5.56 Å². The Morgan fingerprint density at radius 1 is 1.50 bits per heavy atom. The number of H-pyrrole nitrogens is 2. The van der Waals surface area contributed by atoms with Crippen LogP contribution in [-0.4, -0.2) is 15.0 Å². The number of nitrogens with one attached hydrogen (secondary N) is 2. The summed E-state index contributed by atoms with van der Waals surface area (Å²) in [6.07, 6.45) is 6.81. The van der Waals surface area contributed by atoms with Gasteiger partial charge < -0.3 is 10.7 Å². The fraction of sp³-hybridized carbons (Fsp3) is 0.385. The molecule has 2 aromatic rings. The van der Waals surface area contributed by atoms with E-state index in [1.807, 2.05) is 6.07 Å². The summed E-state index contributed by atoms with van der Waals surface area (Å²) in [7, 11) is 0. The van der Waals surface area contributed by atoms with E-state index in [1.54, 1.807) is 0 Å². The van der Waals surface area contributed by atoms with Crippen LogP contribution in [0.3, 0.4) is 0 Å². The molecule has 2 aromatic heterocycles. The Morgan fingerprint density at radius 3 is 2.89 bits per heavy atom. The molecule has 5 heteroatoms. The third-order valence-electron chi connectivity index (χ3n) is 3.14. The summed E-state index contributed by atoms with van der Waals surface area (Å²) in [6, 6.07) is 1.82. The summed E-state index contributed by atoms with van der Waals surface area (Å²) in [4.78, 5) is 21.4. The summed E-state index contributed by atoms with van der Waals surface area (Å²) in [6.45, 7) is 4.15. The van der Waals surface area contributed by atoms with E-state index in [4.69, 9.17) is 12.2 Å². The Kier molecular flexibility index (Phi) is 2.87. The molecule has 0 unspecified atom stereocenters. The third kappa shape index (κ3) is 2.09. The number of aromatic amines is 2. The fourth-order valence-corrected chi connectivity index (χ4v) is 1.92. The molecule has 0 saturated heterocycles. The minimum atomic E-state index is -0.229. The highest BCUT2D eigenvalue weighted by Gasteiger charge is 2.23. The van der Waals surface area contributed by atoms with Gasteiger partial charge in [0, 0.05) is 17.5 Å². The molecule has 0 saturated carbocycles. The number of anilines is 1. The lowest BCUT2D eigenvalue weighted by Crippen LogP contribution is -2.17. The first-order valence-corrected chi connectivity index (χ1v) is 5.76. The molecular formula is C13H16N4O. The van der Waals surface area contributed by atoms with E-state index in [1.165, 1.54) is 0 Å². The lowest BCUT2D eigenvalue weighted by atomic mass is 9.84. The zero-order chi connectivity index (χ0) is 13.3. The predicted octanol–water partition coefficient (Wildman–Crippen LogP) is 1.52. The Labute approximate surface area is 105 Å². The van der Waals surface area contributed by atoms with Gasteiger partial charge in [-0.05, 0) is 12.5 Å². The minimum Gasteiger partial charge on any atom is -0.369 e. The predicted molar refractivity (Wildman–Crippen MR) is 72.2 cm³/mol. The molecule has 0 fully saturated rings. The van der Waals surface area contributed by atoms with Gasteiger partial charge in [-0.3, -0.25) is 9.78 Å². The van der Waals surface area contributed by atoms with E-state index in [2.05, 4.69) is 34.7 Å². The van der Waals surface area contributed by atoms with Crippen LogP contribution in [0.15, 0.2) is 10.9 Å². The van der Waals surface area contributed by atoms with Gasteiger partial charge >= 0.3 is 0 Å². The normalized spacial score (nSPS) is 11.6. The molecule has 0 aliphatic rings. The first-order chi connectivity index (χ1) is 8.44. The van der Waals surface area contributed by atoms with Crippen molar-refractivity contribution in [3.8, 4) is 12.3 Å². The van der Waals surface area contributed by atoms with Crippen molar-refractivity contribution in [2.24, 2.45) is 0 Å². The quantitative estimate of drug-likeness (QED) is 0.715. The Hall–Kier alpha value is -2.22. The van der Waals surface area contributed by atoms with Crippen LogP contribution < -0.4 is 11.3 Å². The lowest BCUT2D eigenvalue weighted by molar-refractivity contribution is 0.477. The number of nitrogens with zero attached hydrogens (tertiary/aromatic N) is 1. The SMILES string of the molecule is C#CCCC(C)(C)c1cc2c(=O)[nH]c(N)nc2[nH]1. The molecule has 2 heterocycles. The van der Waals surface area contributed by atoms with E-state index in [0.717, 1.165) is 12.1 Å². The highest BCUT2D eigenvalue weighted by Crippen LogP contribution is 2.28. The van der Waals surface area contributed by atoms with Crippen LogP contribution in [0.1, 0.15) is 32.4 Å². The molecule has 0 bridgehead atoms. The molecule has 18 heavy (non-hydrogen) atoms. The van der Waals surface area contributed by atoms with Crippen molar-refractivity contribution in [1.82, 2.24) is 15.0 Å². The molecular weight excluding hydrogens is 228 g/mol. The second kappa shape index (κ2) is 4.22. The minimum absolute atomic E-state index is 0.113. The van der Waals surface area contributed by atoms with Crippen LogP contribution in [-0.2, 0) is 5.41 Å². The van der Waals surface area contributed by atoms with E-state index in [-0.39, 0.29) is 16.9 Å². The molecule has 0 aromatic carbocycles. The second-order valence-corrected chi connectivity index (χ2v) is 4.98. The molecule has 0 aliphatic carbocycles. The number of fused-ring (bicyclic) bond motifs is 1. The summed E-state index contributed by atoms with van der Waals surface area (Å²) in [5.41, 5.74) is 6.61. The maximum atomic E-state index is 11.7. The van der Waals surface area contributed by atoms with Crippen LogP contribution in [0.4, 0.5) is 5.95 Å². The molecule has 0 amide bonds. The number of terminal acetylenes is 1. The lowest BCUT2D eigenvalue weighted by Gasteiger charge is -2.21. The van der Waals surface area contributed by atoms with Gasteiger partial charge in [0.15, 0.2) is 0 Å². The molecule has 2 rings (SSSR count). The van der Waals surface area contributed by atoms with Crippen LogP contribution in [0, 0.1) is 12.3 Å². The summed E-state index contributed by atoms with van der Waals surface area (Å²) in [5.74, 6) is 2.74. The molecule has 0 radical (unpaired) electrons. The standard InChI is InChI=1S/C13H16N4O/c1-4-5-6-13(2,3)9-7-8-10(15-9)16-12(14)17-11(8)18/h1,7H,5-6H2,2-3H3,(H4,14,15,16,17,18). The first-order valence-electron chi connectivity index (χ1n) is 5.76. The smallest absolute Gasteiger partial charge is 0.261 e. The van der Waals surface area contributed by atoms with Crippen LogP contribution in [0.2, 0.25) is 0 Å². The van der Waals surface area contributed by atoms with E-state index >= 15 is 0 Å². The molecule has 0 atom stereocenters. The number of nitrogens with two attached hydrogens (primary N) is 1. The van der Waals surface area contributed by atoms with E-state index < -0.39 is 0 Å². The van der Waals surface area contributed by atoms with Gasteiger partial charge in [-0.25, -0.2) is 0 Å². The zero-order valence-electron chi connectivity index (χ0n) is 10.5. The first kappa shape index (κ1) is 12.2. The average molecular weight is 244 g/mol. The van der Waals surface area contributed by atoms with Gasteiger partial charge in [0.05, 0.1) is 5.39 Å². The number of nitrogen functional groups attached to an aromatic ring is 1. The van der Waals surface area contributed by atoms with Crippen molar-refractivity contribution in [1.29, 1.82) is 0 Å². The van der Waals surface area contributed by atoms with Crippen molar-refractivity contribution in [2.45, 2.75) is 32.1 Å². The second-order valence-electron chi connectivity index (χ2n) is 4.98. The van der Waals surface area contributed by atoms with Gasteiger partial charge in [-0.15, -0.1) is 12.3 Å². The molecule has 0 aliphatic heterocycles. The van der Waals surface area contributed by atoms with E-state index in [9.17, 15) is 4.79 Å². The molecule has 5 nitrogen and oxygen atoms in total. The molecule has 4 N–H and O–H groups in total. The number of aromatic nitrogens is 3. The highest BCUT2D eigenvalue weighted by molar-refractivity contribution is 5.76. The van der Waals surface area contributed by atoms with Crippen LogP contribution >= 0.6 is 0 Å². The summed E-state index contributed by atoms with van der Waals surface area (Å²) in [5, 5.41) is 0.521. The number of rotatable bonds is 3. The Balaban J connectivity index is 2.51. The van der Waals surface area contributed by atoms with Crippen molar-refractivity contribution in [2.75, 3.05) is 5.73 Å². The van der Waals surface area contributed by atoms with Gasteiger partial charge in [-0.1, -0.05) is 13.8 Å². The highest BCUT2D eigenvalue weighted by atomic mass is 16.1. The summed E-state index contributed by atoms with van der Waals surface area (Å²) < 4.78 is 0. The van der Waals surface area contributed by atoms with Crippen LogP contribution in [0.5, 0.6) is 0 Å². The molecule has 0 spiro atoms. The summed E-state index contributed by atoms with van der Waals surface area (Å²) >= 11 is 0. The third-order valence-corrected chi connectivity index (χ3v) is 3.14. The topological polar surface area (TPSA) is 87.6 Å². The average Bonchev–Trinajstić information content (AvgIpc) is 2.71. The number of hydrogen-bond acceptors (Lipinski definition) is 3. The van der Waals surface area contributed by atoms with Gasteiger partial charge in [0.1, 0.15) is 5.65 Å². The fourth-order valence-electron chi connectivity index (χ4n) is 1.92. The maximum absolute atomic E-state index is 11.7. The molecule has 94 valence electrons. The van der Waals surface area contributed by atoms with Crippen molar-refractivity contribution in [3.63, 3.8) is 0 Å². The number of hydrogen-bond donors (Lipinski definition) is 3. The van der Waals surface area contributed by atoms with Crippen LogP contribution in [0.25, 0.3) is 11.0 Å².